The number of hydrogen-bond acceptors (Lipinski definition) is 7. The Hall–Kier alpha value is -2.71. The van der Waals surface area contributed by atoms with Crippen LogP contribution in [0.25, 0.3) is 11.1 Å². The van der Waals surface area contributed by atoms with E-state index in [9.17, 15) is 4.79 Å². The maximum Gasteiger partial charge on any atom is 0.236 e. The van der Waals surface area contributed by atoms with Crippen LogP contribution >= 0.6 is 0 Å². The van der Waals surface area contributed by atoms with E-state index in [-0.39, 0.29) is 12.0 Å². The number of nitrogens with zero attached hydrogens (tertiary/aromatic N) is 5. The highest BCUT2D eigenvalue weighted by molar-refractivity contribution is 5.78. The molecule has 32 heavy (non-hydrogen) atoms. The van der Waals surface area contributed by atoms with E-state index >= 15 is 0 Å². The zero-order valence-corrected chi connectivity index (χ0v) is 19.3. The highest BCUT2D eigenvalue weighted by atomic mass is 16.5. The van der Waals surface area contributed by atoms with E-state index in [4.69, 9.17) is 14.5 Å². The van der Waals surface area contributed by atoms with Gasteiger partial charge < -0.3 is 19.3 Å². The van der Waals surface area contributed by atoms with Gasteiger partial charge in [0.05, 0.1) is 26.0 Å². The molecule has 4 rings (SSSR count). The van der Waals surface area contributed by atoms with Crippen LogP contribution in [0.2, 0.25) is 0 Å². The molecule has 1 atom stereocenters. The second-order valence-corrected chi connectivity index (χ2v) is 8.63. The average molecular weight is 440 g/mol. The lowest BCUT2D eigenvalue weighted by Gasteiger charge is -2.35. The number of anilines is 1. The highest BCUT2D eigenvalue weighted by Crippen LogP contribution is 2.32. The van der Waals surface area contributed by atoms with Gasteiger partial charge in [-0.05, 0) is 37.0 Å². The van der Waals surface area contributed by atoms with Crippen LogP contribution in [0.5, 0.6) is 5.75 Å². The molecule has 1 unspecified atom stereocenters. The number of hydrogen-bond donors (Lipinski definition) is 0. The molecule has 0 bridgehead atoms. The number of aromatic nitrogens is 2. The third kappa shape index (κ3) is 5.19. The predicted octanol–water partition coefficient (Wildman–Crippen LogP) is 2.60. The minimum Gasteiger partial charge on any atom is -0.497 e. The van der Waals surface area contributed by atoms with Crippen molar-refractivity contribution in [2.45, 2.75) is 25.4 Å². The summed E-state index contributed by atoms with van der Waals surface area (Å²) in [6.45, 7) is 4.15. The van der Waals surface area contributed by atoms with Crippen molar-refractivity contribution in [2.24, 2.45) is 0 Å². The minimum absolute atomic E-state index is 0.220. The molecule has 2 aliphatic rings. The zero-order valence-electron chi connectivity index (χ0n) is 19.3. The third-order valence-electron chi connectivity index (χ3n) is 6.13. The fraction of sp³-hybridized carbons (Fsp3) is 0.542. The molecule has 0 spiro atoms. The van der Waals surface area contributed by atoms with Gasteiger partial charge in [-0.25, -0.2) is 9.97 Å². The van der Waals surface area contributed by atoms with Crippen LogP contribution in [-0.2, 0) is 9.53 Å². The third-order valence-corrected chi connectivity index (χ3v) is 6.13. The van der Waals surface area contributed by atoms with E-state index in [1.165, 1.54) is 6.42 Å². The van der Waals surface area contributed by atoms with Crippen molar-refractivity contribution in [3.63, 3.8) is 0 Å². The highest BCUT2D eigenvalue weighted by Gasteiger charge is 2.29. The van der Waals surface area contributed by atoms with Gasteiger partial charge in [-0.1, -0.05) is 12.1 Å². The molecule has 0 aliphatic carbocycles. The summed E-state index contributed by atoms with van der Waals surface area (Å²) in [4.78, 5) is 28.3. The lowest BCUT2D eigenvalue weighted by molar-refractivity contribution is -0.135. The minimum atomic E-state index is -0.225. The second-order valence-electron chi connectivity index (χ2n) is 8.63. The summed E-state index contributed by atoms with van der Waals surface area (Å²) in [5.41, 5.74) is 2.80. The summed E-state index contributed by atoms with van der Waals surface area (Å²) in [6.07, 6.45) is 5.07. The van der Waals surface area contributed by atoms with Crippen LogP contribution in [0.4, 0.5) is 5.95 Å². The van der Waals surface area contributed by atoms with E-state index in [2.05, 4.69) is 9.88 Å². The maximum absolute atomic E-state index is 12.8. The van der Waals surface area contributed by atoms with Gasteiger partial charge in [-0.2, -0.15) is 0 Å². The van der Waals surface area contributed by atoms with E-state index in [1.807, 2.05) is 54.4 Å². The van der Waals surface area contributed by atoms with Crippen molar-refractivity contribution in [3.8, 4) is 16.9 Å². The maximum atomic E-state index is 12.8. The first-order chi connectivity index (χ1) is 15.5. The van der Waals surface area contributed by atoms with Crippen LogP contribution in [0.1, 0.15) is 31.1 Å². The van der Waals surface area contributed by atoms with Crippen LogP contribution in [0, 0.1) is 0 Å². The summed E-state index contributed by atoms with van der Waals surface area (Å²) >= 11 is 0. The second kappa shape index (κ2) is 10.3. The molecular weight excluding hydrogens is 406 g/mol. The van der Waals surface area contributed by atoms with Gasteiger partial charge >= 0.3 is 0 Å². The van der Waals surface area contributed by atoms with Crippen LogP contribution < -0.4 is 9.64 Å². The van der Waals surface area contributed by atoms with Gasteiger partial charge in [-0.3, -0.25) is 9.69 Å². The van der Waals surface area contributed by atoms with Gasteiger partial charge in [-0.15, -0.1) is 0 Å². The summed E-state index contributed by atoms with van der Waals surface area (Å²) in [5, 5.41) is 0. The Morgan fingerprint density at radius 2 is 1.91 bits per heavy atom. The molecule has 2 aliphatic heterocycles. The first kappa shape index (κ1) is 22.5. The van der Waals surface area contributed by atoms with E-state index in [1.54, 1.807) is 7.11 Å². The smallest absolute Gasteiger partial charge is 0.236 e. The molecule has 2 aromatic rings. The predicted molar refractivity (Wildman–Crippen MR) is 124 cm³/mol. The number of methoxy groups -OCH3 is 1. The van der Waals surface area contributed by atoms with Crippen molar-refractivity contribution in [3.05, 3.63) is 36.2 Å². The number of morpholine rings is 1. The quantitative estimate of drug-likeness (QED) is 0.685. The first-order valence-corrected chi connectivity index (χ1v) is 11.4. The van der Waals surface area contributed by atoms with Gasteiger partial charge in [0.1, 0.15) is 11.9 Å². The number of benzene rings is 1. The topological polar surface area (TPSA) is 71.0 Å². The van der Waals surface area contributed by atoms with E-state index in [0.717, 1.165) is 55.0 Å². The Bertz CT molecular complexity index is 912. The number of ether oxygens (including phenoxy) is 2. The van der Waals surface area contributed by atoms with Crippen molar-refractivity contribution in [1.29, 1.82) is 0 Å². The molecule has 172 valence electrons. The van der Waals surface area contributed by atoms with E-state index in [0.29, 0.717) is 25.6 Å². The molecule has 1 aromatic heterocycles. The molecule has 1 aromatic carbocycles. The fourth-order valence-electron chi connectivity index (χ4n) is 4.29. The van der Waals surface area contributed by atoms with Gasteiger partial charge in [0, 0.05) is 52.0 Å². The van der Waals surface area contributed by atoms with Crippen molar-refractivity contribution >= 4 is 11.9 Å². The molecule has 2 fully saturated rings. The van der Waals surface area contributed by atoms with Crippen molar-refractivity contribution < 1.29 is 14.3 Å². The molecule has 0 radical (unpaired) electrons. The standard InChI is InChI=1S/C24H33N5O3/c1-27(2)24-25-15-20(18-7-9-19(31-3)10-8-18)23(26-24)21-16-28(13-14-32-21)17-22(30)29-11-5-4-6-12-29/h7-10,15,21H,4-6,11-14,16-17H2,1-3H3. The average Bonchev–Trinajstić information content (AvgIpc) is 2.84. The molecule has 0 saturated carbocycles. The summed E-state index contributed by atoms with van der Waals surface area (Å²) in [6, 6.07) is 7.89. The fourth-order valence-corrected chi connectivity index (χ4v) is 4.29. The van der Waals surface area contributed by atoms with Gasteiger partial charge in [0.25, 0.3) is 0 Å². The molecule has 1 amide bonds. The zero-order chi connectivity index (χ0) is 22.5. The summed E-state index contributed by atoms with van der Waals surface area (Å²) < 4.78 is 11.5. The van der Waals surface area contributed by atoms with Crippen molar-refractivity contribution in [2.75, 3.05) is 65.4 Å². The number of carbonyl (C=O) groups is 1. The van der Waals surface area contributed by atoms with Gasteiger partial charge in [0.2, 0.25) is 11.9 Å². The summed E-state index contributed by atoms with van der Waals surface area (Å²) in [7, 11) is 5.51. The van der Waals surface area contributed by atoms with Crippen LogP contribution in [0.15, 0.2) is 30.5 Å². The number of likely N-dealkylation sites (tertiary alicyclic amines) is 1. The monoisotopic (exact) mass is 439 g/mol. The Balaban J connectivity index is 1.56. The Morgan fingerprint density at radius 1 is 1.16 bits per heavy atom. The number of rotatable bonds is 6. The first-order valence-electron chi connectivity index (χ1n) is 11.4. The van der Waals surface area contributed by atoms with Gasteiger partial charge in [0.15, 0.2) is 0 Å². The Morgan fingerprint density at radius 3 is 2.59 bits per heavy atom. The number of amides is 1. The molecule has 8 heteroatoms. The SMILES string of the molecule is COc1ccc(-c2cnc(N(C)C)nc2C2CN(CC(=O)N3CCCCC3)CCO2)cc1. The number of piperidine rings is 1. The normalized spacial score (nSPS) is 19.6. The van der Waals surface area contributed by atoms with Crippen molar-refractivity contribution in [1.82, 2.24) is 19.8 Å². The summed E-state index contributed by atoms with van der Waals surface area (Å²) in [5.74, 6) is 1.66. The molecule has 3 heterocycles. The molecule has 0 N–H and O–H groups in total. The number of carbonyl (C=O) groups excluding carboxylic acids is 1. The molecule has 8 nitrogen and oxygen atoms in total. The van der Waals surface area contributed by atoms with Crippen LogP contribution in [-0.4, -0.2) is 86.2 Å². The Kier molecular flexibility index (Phi) is 7.22. The van der Waals surface area contributed by atoms with Crippen LogP contribution in [0.3, 0.4) is 0 Å². The lowest BCUT2D eigenvalue weighted by Crippen LogP contribution is -2.47. The molecular formula is C24H33N5O3. The molecule has 2 saturated heterocycles. The lowest BCUT2D eigenvalue weighted by atomic mass is 10.0. The van der Waals surface area contributed by atoms with E-state index < -0.39 is 0 Å². The Labute approximate surface area is 190 Å². The largest absolute Gasteiger partial charge is 0.497 e.